The van der Waals surface area contributed by atoms with Gasteiger partial charge in [0.2, 0.25) is 0 Å². The number of nitrogens with zero attached hydrogens (tertiary/aromatic N) is 2. The van der Waals surface area contributed by atoms with Crippen LogP contribution < -0.4 is 0 Å². The second-order valence-corrected chi connectivity index (χ2v) is 7.15. The quantitative estimate of drug-likeness (QED) is 0.372. The summed E-state index contributed by atoms with van der Waals surface area (Å²) in [5.74, 6) is 0.723. The van der Waals surface area contributed by atoms with Gasteiger partial charge in [-0.1, -0.05) is 82.7 Å². The number of halogens is 1. The number of carbonyl (C=O) groups is 1. The average Bonchev–Trinajstić information content (AvgIpc) is 3.10. The van der Waals surface area contributed by atoms with Crippen molar-refractivity contribution >= 4 is 21.7 Å². The van der Waals surface area contributed by atoms with E-state index in [1.165, 1.54) is 0 Å². The molecule has 0 atom stereocenters. The summed E-state index contributed by atoms with van der Waals surface area (Å²) in [6, 6.07) is 27.7. The van der Waals surface area contributed by atoms with E-state index in [4.69, 9.17) is 4.98 Å². The Bertz CT molecular complexity index is 1100. The van der Waals surface area contributed by atoms with Gasteiger partial charge in [-0.05, 0) is 18.2 Å². The van der Waals surface area contributed by atoms with Crippen molar-refractivity contribution in [2.24, 2.45) is 0 Å². The van der Waals surface area contributed by atoms with Gasteiger partial charge in [0.25, 0.3) is 0 Å². The molecule has 0 aliphatic heterocycles. The maximum Gasteiger partial charge on any atom is 0.178 e. The lowest BCUT2D eigenvalue weighted by Gasteiger charge is -2.12. The lowest BCUT2D eigenvalue weighted by Crippen LogP contribution is -2.07. The molecule has 0 bridgehead atoms. The molecule has 0 saturated heterocycles. The molecule has 3 aromatic carbocycles. The molecule has 0 amide bonds. The lowest BCUT2D eigenvalue weighted by molar-refractivity contribution is 0.101. The van der Waals surface area contributed by atoms with Gasteiger partial charge in [0.15, 0.2) is 5.78 Å². The van der Waals surface area contributed by atoms with Crippen molar-refractivity contribution < 1.29 is 4.79 Å². The molecule has 4 rings (SSSR count). The highest BCUT2D eigenvalue weighted by molar-refractivity contribution is 9.10. The summed E-state index contributed by atoms with van der Waals surface area (Å²) in [6.07, 6.45) is 0. The maximum atomic E-state index is 12.7. The summed E-state index contributed by atoms with van der Waals surface area (Å²) in [5, 5.41) is 0. The van der Waals surface area contributed by atoms with Gasteiger partial charge in [0.05, 0.1) is 0 Å². The van der Waals surface area contributed by atoms with E-state index in [2.05, 4.69) is 15.9 Å². The highest BCUT2D eigenvalue weighted by Gasteiger charge is 2.23. The van der Waals surface area contributed by atoms with Crippen LogP contribution in [0.25, 0.3) is 28.3 Å². The first-order valence-corrected chi connectivity index (χ1v) is 9.45. The highest BCUT2D eigenvalue weighted by atomic mass is 79.9. The van der Waals surface area contributed by atoms with E-state index in [1.807, 2.05) is 89.5 Å². The molecule has 0 spiro atoms. The van der Waals surface area contributed by atoms with E-state index < -0.39 is 0 Å². The zero-order chi connectivity index (χ0) is 18.8. The van der Waals surface area contributed by atoms with Crippen LogP contribution in [0.4, 0.5) is 0 Å². The molecule has 0 aliphatic rings. The predicted molar refractivity (Wildman–Crippen MR) is 112 cm³/mol. The largest absolute Gasteiger partial charge is 0.293 e. The zero-order valence-corrected chi connectivity index (χ0v) is 16.3. The Morgan fingerprint density at radius 1 is 0.852 bits per heavy atom. The van der Waals surface area contributed by atoms with Crippen molar-refractivity contribution in [1.29, 1.82) is 0 Å². The Balaban J connectivity index is 2.08. The van der Waals surface area contributed by atoms with Crippen LogP contribution in [0.1, 0.15) is 17.4 Å². The van der Waals surface area contributed by atoms with Crippen LogP contribution in [0.5, 0.6) is 0 Å². The normalized spacial score (nSPS) is 10.7. The first kappa shape index (κ1) is 17.4. The van der Waals surface area contributed by atoms with Gasteiger partial charge in [0.1, 0.15) is 17.2 Å². The van der Waals surface area contributed by atoms with Gasteiger partial charge >= 0.3 is 0 Å². The number of imidazole rings is 1. The van der Waals surface area contributed by atoms with Gasteiger partial charge in [-0.2, -0.15) is 0 Å². The van der Waals surface area contributed by atoms with Crippen LogP contribution in [0.2, 0.25) is 0 Å². The van der Waals surface area contributed by atoms with Crippen LogP contribution in [0, 0.1) is 0 Å². The Morgan fingerprint density at radius 3 is 2.07 bits per heavy atom. The maximum absolute atomic E-state index is 12.7. The fourth-order valence-electron chi connectivity index (χ4n) is 3.19. The fourth-order valence-corrected chi connectivity index (χ4v) is 3.58. The average molecular weight is 417 g/mol. The van der Waals surface area contributed by atoms with Gasteiger partial charge < -0.3 is 0 Å². The molecule has 0 fully saturated rings. The first-order valence-electron chi connectivity index (χ1n) is 8.65. The summed E-state index contributed by atoms with van der Waals surface area (Å²) in [6.45, 7) is 1.59. The summed E-state index contributed by atoms with van der Waals surface area (Å²) >= 11 is 3.53. The van der Waals surface area contributed by atoms with Crippen LogP contribution in [0.15, 0.2) is 89.4 Å². The van der Waals surface area contributed by atoms with Crippen molar-refractivity contribution in [2.45, 2.75) is 6.92 Å². The zero-order valence-electron chi connectivity index (χ0n) is 14.8. The second-order valence-electron chi connectivity index (χ2n) is 6.24. The summed E-state index contributed by atoms with van der Waals surface area (Å²) in [4.78, 5) is 17.6. The van der Waals surface area contributed by atoms with Crippen LogP contribution in [-0.4, -0.2) is 15.3 Å². The van der Waals surface area contributed by atoms with Crippen molar-refractivity contribution in [3.8, 4) is 28.3 Å². The molecular formula is C23H17BrN2O. The van der Waals surface area contributed by atoms with Gasteiger partial charge in [-0.25, -0.2) is 4.98 Å². The van der Waals surface area contributed by atoms with E-state index in [0.717, 1.165) is 27.1 Å². The predicted octanol–water partition coefficient (Wildman–Crippen LogP) is 6.17. The molecule has 27 heavy (non-hydrogen) atoms. The SMILES string of the molecule is CC(=O)c1c(-c2ccccc2)nc(-c2ccccc2)n1-c1cccc(Br)c1. The number of carbonyl (C=O) groups excluding carboxylic acids is 1. The van der Waals surface area contributed by atoms with E-state index in [0.29, 0.717) is 11.4 Å². The van der Waals surface area contributed by atoms with E-state index >= 15 is 0 Å². The standard InChI is InChI=1S/C23H17BrN2O/c1-16(27)22-21(17-9-4-2-5-10-17)25-23(18-11-6-3-7-12-18)26(22)20-14-8-13-19(24)15-20/h2-15H,1H3. The van der Waals surface area contributed by atoms with Crippen molar-refractivity contribution in [1.82, 2.24) is 9.55 Å². The van der Waals surface area contributed by atoms with E-state index in [9.17, 15) is 4.79 Å². The Hall–Kier alpha value is -2.98. The monoisotopic (exact) mass is 416 g/mol. The number of aromatic nitrogens is 2. The number of ketones is 1. The number of hydrogen-bond donors (Lipinski definition) is 0. The smallest absolute Gasteiger partial charge is 0.178 e. The third-order valence-electron chi connectivity index (χ3n) is 4.36. The topological polar surface area (TPSA) is 34.9 Å². The van der Waals surface area contributed by atoms with Gasteiger partial charge in [-0.15, -0.1) is 0 Å². The molecule has 0 N–H and O–H groups in total. The summed E-state index contributed by atoms with van der Waals surface area (Å²) < 4.78 is 2.90. The summed E-state index contributed by atoms with van der Waals surface area (Å²) in [5.41, 5.74) is 4.05. The molecule has 4 aromatic rings. The van der Waals surface area contributed by atoms with Gasteiger partial charge in [0, 0.05) is 28.2 Å². The molecule has 4 heteroatoms. The molecule has 132 valence electrons. The number of Topliss-reactive ketones (excluding diaryl/α,β-unsaturated/α-hetero) is 1. The number of rotatable bonds is 4. The van der Waals surface area contributed by atoms with Crippen LogP contribution in [0.3, 0.4) is 0 Å². The molecule has 0 saturated carbocycles. The fraction of sp³-hybridized carbons (Fsp3) is 0.0435. The molecule has 0 aliphatic carbocycles. The van der Waals surface area contributed by atoms with Crippen LogP contribution >= 0.6 is 15.9 Å². The second kappa shape index (κ2) is 7.33. The molecule has 0 radical (unpaired) electrons. The molecule has 1 aromatic heterocycles. The third-order valence-corrected chi connectivity index (χ3v) is 4.85. The summed E-state index contributed by atoms with van der Waals surface area (Å²) in [7, 11) is 0. The minimum absolute atomic E-state index is 0.0245. The van der Waals surface area contributed by atoms with E-state index in [1.54, 1.807) is 6.92 Å². The Morgan fingerprint density at radius 2 is 1.48 bits per heavy atom. The number of benzene rings is 3. The molecule has 1 heterocycles. The minimum Gasteiger partial charge on any atom is -0.293 e. The molecular weight excluding hydrogens is 400 g/mol. The van der Waals surface area contributed by atoms with Crippen molar-refractivity contribution in [2.75, 3.05) is 0 Å². The molecule has 3 nitrogen and oxygen atoms in total. The Labute approximate surface area is 166 Å². The van der Waals surface area contributed by atoms with E-state index in [-0.39, 0.29) is 5.78 Å². The van der Waals surface area contributed by atoms with Crippen LogP contribution in [-0.2, 0) is 0 Å². The van der Waals surface area contributed by atoms with Crippen molar-refractivity contribution in [3.05, 3.63) is 95.1 Å². The Kier molecular flexibility index (Phi) is 4.73. The first-order chi connectivity index (χ1) is 13.1. The molecule has 0 unspecified atom stereocenters. The lowest BCUT2D eigenvalue weighted by atomic mass is 10.1. The number of hydrogen-bond acceptors (Lipinski definition) is 2. The van der Waals surface area contributed by atoms with Gasteiger partial charge in [-0.3, -0.25) is 9.36 Å². The third kappa shape index (κ3) is 3.36. The van der Waals surface area contributed by atoms with Crippen molar-refractivity contribution in [3.63, 3.8) is 0 Å². The highest BCUT2D eigenvalue weighted by Crippen LogP contribution is 2.33. The minimum atomic E-state index is -0.0245.